The van der Waals surface area contributed by atoms with Gasteiger partial charge in [-0.3, -0.25) is 4.99 Å². The van der Waals surface area contributed by atoms with Crippen LogP contribution in [0.1, 0.15) is 20.3 Å². The lowest BCUT2D eigenvalue weighted by atomic mass is 10.3. The average molecular weight is 511 g/mol. The molecule has 0 aliphatic carbocycles. The molecule has 1 unspecified atom stereocenters. The highest BCUT2D eigenvalue weighted by molar-refractivity contribution is 14.0. The molecule has 136 valence electrons. The maximum absolute atomic E-state index is 5.34. The number of anilines is 1. The maximum atomic E-state index is 5.34. The molecule has 1 saturated heterocycles. The second-order valence-electron chi connectivity index (χ2n) is 5.48. The highest BCUT2D eigenvalue weighted by Gasteiger charge is 2.24. The Morgan fingerprint density at radius 3 is 2.88 bits per heavy atom. The van der Waals surface area contributed by atoms with E-state index in [9.17, 15) is 0 Å². The molecule has 1 aromatic carbocycles. The summed E-state index contributed by atoms with van der Waals surface area (Å²) in [6, 6.07) is 8.80. The molecule has 1 aromatic rings. The number of nitrogens with one attached hydrogen (secondary N) is 2. The van der Waals surface area contributed by atoms with Gasteiger partial charge in [0.1, 0.15) is 0 Å². The van der Waals surface area contributed by atoms with Crippen LogP contribution in [0.15, 0.2) is 33.7 Å². The molecular formula is C17H28BrIN4O. The van der Waals surface area contributed by atoms with Crippen molar-refractivity contribution in [2.75, 3.05) is 44.3 Å². The minimum Gasteiger partial charge on any atom is -0.380 e. The molecule has 7 heteroatoms. The first-order valence-electron chi connectivity index (χ1n) is 8.36. The molecule has 0 amide bonds. The van der Waals surface area contributed by atoms with E-state index in [1.165, 1.54) is 5.69 Å². The first-order chi connectivity index (χ1) is 11.2. The molecule has 2 rings (SSSR count). The Bertz CT molecular complexity index is 515. The first kappa shape index (κ1) is 21.5. The van der Waals surface area contributed by atoms with E-state index in [-0.39, 0.29) is 24.0 Å². The van der Waals surface area contributed by atoms with E-state index < -0.39 is 0 Å². The number of para-hydroxylation sites is 1. The lowest BCUT2D eigenvalue weighted by Crippen LogP contribution is -2.44. The molecule has 0 aromatic heterocycles. The van der Waals surface area contributed by atoms with Crippen molar-refractivity contribution in [1.82, 2.24) is 10.6 Å². The Morgan fingerprint density at radius 1 is 1.38 bits per heavy atom. The predicted octanol–water partition coefficient (Wildman–Crippen LogP) is 3.24. The fourth-order valence-electron chi connectivity index (χ4n) is 2.68. The van der Waals surface area contributed by atoms with Gasteiger partial charge in [-0.25, -0.2) is 0 Å². The van der Waals surface area contributed by atoms with E-state index in [2.05, 4.69) is 61.6 Å². The van der Waals surface area contributed by atoms with Gasteiger partial charge in [-0.2, -0.15) is 0 Å². The fraction of sp³-hybridized carbons (Fsp3) is 0.588. The van der Waals surface area contributed by atoms with Gasteiger partial charge in [0.15, 0.2) is 5.96 Å². The molecule has 1 aliphatic heterocycles. The van der Waals surface area contributed by atoms with Gasteiger partial charge in [0.25, 0.3) is 0 Å². The van der Waals surface area contributed by atoms with Crippen LogP contribution in [0.5, 0.6) is 0 Å². The molecule has 1 atom stereocenters. The summed E-state index contributed by atoms with van der Waals surface area (Å²) in [5, 5.41) is 6.85. The van der Waals surface area contributed by atoms with E-state index in [4.69, 9.17) is 4.74 Å². The Hall–Kier alpha value is -0.540. The van der Waals surface area contributed by atoms with Crippen LogP contribution in [0.4, 0.5) is 5.69 Å². The molecule has 1 fully saturated rings. The third-order valence-electron chi connectivity index (χ3n) is 3.78. The van der Waals surface area contributed by atoms with Gasteiger partial charge in [0, 0.05) is 36.8 Å². The van der Waals surface area contributed by atoms with Gasteiger partial charge < -0.3 is 20.3 Å². The number of nitrogens with zero attached hydrogens (tertiary/aromatic N) is 2. The molecule has 1 aliphatic rings. The first-order valence-corrected chi connectivity index (χ1v) is 9.16. The monoisotopic (exact) mass is 510 g/mol. The lowest BCUT2D eigenvalue weighted by Gasteiger charge is -2.21. The van der Waals surface area contributed by atoms with Crippen LogP contribution < -0.4 is 15.5 Å². The van der Waals surface area contributed by atoms with Crippen molar-refractivity contribution in [2.24, 2.45) is 4.99 Å². The van der Waals surface area contributed by atoms with Crippen molar-refractivity contribution in [3.05, 3.63) is 28.7 Å². The Morgan fingerprint density at radius 2 is 2.17 bits per heavy atom. The largest absolute Gasteiger partial charge is 0.380 e. The number of guanidine groups is 1. The quantitative estimate of drug-likeness (QED) is 0.256. The normalized spacial score (nSPS) is 17.5. The molecule has 0 bridgehead atoms. The third kappa shape index (κ3) is 6.76. The van der Waals surface area contributed by atoms with Gasteiger partial charge in [0.2, 0.25) is 0 Å². The summed E-state index contributed by atoms with van der Waals surface area (Å²) in [5.74, 6) is 0.881. The second-order valence-corrected chi connectivity index (χ2v) is 6.34. The summed E-state index contributed by atoms with van der Waals surface area (Å²) in [7, 11) is 0. The van der Waals surface area contributed by atoms with Crippen LogP contribution in [-0.4, -0.2) is 51.4 Å². The highest BCUT2D eigenvalue weighted by atomic mass is 127. The van der Waals surface area contributed by atoms with Crippen LogP contribution in [0.3, 0.4) is 0 Å². The number of benzene rings is 1. The number of hydrogen-bond acceptors (Lipinski definition) is 3. The standard InChI is InChI=1S/C17H27BrN4O.HI/c1-3-19-17(20-10-12-23-4-2)21-14-9-11-22(13-14)16-8-6-5-7-15(16)18;/h5-8,14H,3-4,9-13H2,1-2H3,(H2,19,20,21);1H. The highest BCUT2D eigenvalue weighted by Crippen LogP contribution is 2.28. The van der Waals surface area contributed by atoms with Gasteiger partial charge in [-0.05, 0) is 48.3 Å². The number of aliphatic imine (C=N–C) groups is 1. The minimum atomic E-state index is 0. The SMILES string of the molecule is CCNC(=NCCOCC)NC1CCN(c2ccccc2Br)C1.I. The molecule has 5 nitrogen and oxygen atoms in total. The molecule has 0 saturated carbocycles. The number of rotatable bonds is 7. The molecule has 0 spiro atoms. The zero-order valence-electron chi connectivity index (χ0n) is 14.4. The summed E-state index contributed by atoms with van der Waals surface area (Å²) in [4.78, 5) is 6.98. The third-order valence-corrected chi connectivity index (χ3v) is 4.45. The van der Waals surface area contributed by atoms with Crippen molar-refractivity contribution < 1.29 is 4.74 Å². The lowest BCUT2D eigenvalue weighted by molar-refractivity contribution is 0.155. The summed E-state index contributed by atoms with van der Waals surface area (Å²) >= 11 is 3.64. The Labute approximate surface area is 170 Å². The average Bonchev–Trinajstić information content (AvgIpc) is 3.00. The zero-order valence-corrected chi connectivity index (χ0v) is 18.3. The number of halogens is 2. The molecule has 0 radical (unpaired) electrons. The Kier molecular flexibility index (Phi) is 10.7. The van der Waals surface area contributed by atoms with E-state index in [1.807, 2.05) is 13.0 Å². The summed E-state index contributed by atoms with van der Waals surface area (Å²) in [5.41, 5.74) is 1.26. The van der Waals surface area contributed by atoms with Crippen LogP contribution >= 0.6 is 39.9 Å². The van der Waals surface area contributed by atoms with Crippen molar-refractivity contribution in [3.63, 3.8) is 0 Å². The fourth-order valence-corrected chi connectivity index (χ4v) is 3.22. The predicted molar refractivity (Wildman–Crippen MR) is 116 cm³/mol. The topological polar surface area (TPSA) is 48.9 Å². The Balaban J connectivity index is 0.00000288. The van der Waals surface area contributed by atoms with Gasteiger partial charge in [-0.1, -0.05) is 12.1 Å². The smallest absolute Gasteiger partial charge is 0.191 e. The van der Waals surface area contributed by atoms with Crippen molar-refractivity contribution in [1.29, 1.82) is 0 Å². The summed E-state index contributed by atoms with van der Waals surface area (Å²) < 4.78 is 6.49. The maximum Gasteiger partial charge on any atom is 0.191 e. The summed E-state index contributed by atoms with van der Waals surface area (Å²) in [6.07, 6.45) is 1.11. The van der Waals surface area contributed by atoms with Crippen molar-refractivity contribution in [2.45, 2.75) is 26.3 Å². The van der Waals surface area contributed by atoms with Gasteiger partial charge in [0.05, 0.1) is 18.8 Å². The van der Waals surface area contributed by atoms with Crippen LogP contribution in [0.2, 0.25) is 0 Å². The molecular weight excluding hydrogens is 483 g/mol. The van der Waals surface area contributed by atoms with Crippen LogP contribution in [-0.2, 0) is 4.74 Å². The zero-order chi connectivity index (χ0) is 16.5. The molecule has 2 N–H and O–H groups in total. The van der Waals surface area contributed by atoms with Crippen molar-refractivity contribution >= 4 is 51.6 Å². The molecule has 24 heavy (non-hydrogen) atoms. The number of hydrogen-bond donors (Lipinski definition) is 2. The van der Waals surface area contributed by atoms with E-state index in [0.717, 1.165) is 43.1 Å². The second kappa shape index (κ2) is 11.9. The van der Waals surface area contributed by atoms with Gasteiger partial charge >= 0.3 is 0 Å². The van der Waals surface area contributed by atoms with Crippen molar-refractivity contribution in [3.8, 4) is 0 Å². The summed E-state index contributed by atoms with van der Waals surface area (Å²) in [6.45, 7) is 9.08. The van der Waals surface area contributed by atoms with E-state index >= 15 is 0 Å². The minimum absolute atomic E-state index is 0. The van der Waals surface area contributed by atoms with Crippen LogP contribution in [0, 0.1) is 0 Å². The van der Waals surface area contributed by atoms with Gasteiger partial charge in [-0.15, -0.1) is 24.0 Å². The van der Waals surface area contributed by atoms with E-state index in [1.54, 1.807) is 0 Å². The molecule has 1 heterocycles. The van der Waals surface area contributed by atoms with E-state index in [0.29, 0.717) is 19.2 Å². The number of ether oxygens (including phenoxy) is 1. The van der Waals surface area contributed by atoms with Crippen LogP contribution in [0.25, 0.3) is 0 Å².